The first kappa shape index (κ1) is 18.5. The number of ether oxygens (including phenoxy) is 1. The van der Waals surface area contributed by atoms with Gasteiger partial charge in [0.1, 0.15) is 0 Å². The summed E-state index contributed by atoms with van der Waals surface area (Å²) in [5, 5.41) is 11.8. The lowest BCUT2D eigenvalue weighted by Gasteiger charge is -2.34. The topological polar surface area (TPSA) is 83.5 Å². The van der Waals surface area contributed by atoms with Crippen molar-refractivity contribution in [3.63, 3.8) is 0 Å². The molecule has 1 N–H and O–H groups in total. The molecule has 2 aromatic rings. The molecule has 1 fully saturated rings. The third-order valence-corrected chi connectivity index (χ3v) is 4.69. The molecular formula is C16H18Cl2N6O2. The minimum absolute atomic E-state index is 0.286. The van der Waals surface area contributed by atoms with E-state index in [2.05, 4.69) is 20.5 Å². The number of carbonyl (C=O) groups is 1. The third-order valence-electron chi connectivity index (χ3n) is 3.87. The fourth-order valence-corrected chi connectivity index (χ4v) is 2.90. The fraction of sp³-hybridized carbons (Fsp3) is 0.375. The van der Waals surface area contributed by atoms with Gasteiger partial charge in [0.25, 0.3) is 0 Å². The zero-order valence-electron chi connectivity index (χ0n) is 14.2. The van der Waals surface area contributed by atoms with Crippen LogP contribution in [0.25, 0.3) is 0 Å². The number of amides is 1. The summed E-state index contributed by atoms with van der Waals surface area (Å²) in [6.45, 7) is 4.55. The van der Waals surface area contributed by atoms with E-state index in [0.29, 0.717) is 60.3 Å². The molecule has 138 valence electrons. The molecular weight excluding hydrogens is 379 g/mol. The van der Waals surface area contributed by atoms with E-state index in [-0.39, 0.29) is 6.09 Å². The van der Waals surface area contributed by atoms with E-state index in [1.165, 1.54) is 0 Å². The molecule has 0 unspecified atom stereocenters. The second-order valence-electron chi connectivity index (χ2n) is 5.54. The van der Waals surface area contributed by atoms with Crippen molar-refractivity contribution < 1.29 is 9.53 Å². The van der Waals surface area contributed by atoms with Gasteiger partial charge in [-0.15, -0.1) is 5.10 Å². The van der Waals surface area contributed by atoms with E-state index in [0.717, 1.165) is 0 Å². The van der Waals surface area contributed by atoms with Gasteiger partial charge in [-0.2, -0.15) is 10.1 Å². The minimum Gasteiger partial charge on any atom is -0.450 e. The van der Waals surface area contributed by atoms with Crippen LogP contribution in [0.15, 0.2) is 24.4 Å². The molecule has 2 heterocycles. The summed E-state index contributed by atoms with van der Waals surface area (Å²) in [7, 11) is 0. The summed E-state index contributed by atoms with van der Waals surface area (Å²) in [5.41, 5.74) is 0.602. The average molecular weight is 397 g/mol. The van der Waals surface area contributed by atoms with Gasteiger partial charge in [0.15, 0.2) is 5.82 Å². The molecule has 8 nitrogen and oxygen atoms in total. The Morgan fingerprint density at radius 1 is 1.27 bits per heavy atom. The van der Waals surface area contributed by atoms with Crippen LogP contribution in [0.5, 0.6) is 0 Å². The summed E-state index contributed by atoms with van der Waals surface area (Å²) in [6, 6.07) is 5.26. The highest BCUT2D eigenvalue weighted by molar-refractivity contribution is 6.43. The SMILES string of the molecule is CCOC(=O)N1CCN(c2cnnc(Nc3cccc(Cl)c3Cl)n2)CC1. The van der Waals surface area contributed by atoms with Crippen LogP contribution in [0.1, 0.15) is 6.92 Å². The number of rotatable bonds is 4. The first-order chi connectivity index (χ1) is 12.6. The quantitative estimate of drug-likeness (QED) is 0.848. The second-order valence-corrected chi connectivity index (χ2v) is 6.32. The van der Waals surface area contributed by atoms with Crippen LogP contribution in [-0.2, 0) is 4.74 Å². The lowest BCUT2D eigenvalue weighted by molar-refractivity contribution is 0.105. The van der Waals surface area contributed by atoms with Gasteiger partial charge in [-0.3, -0.25) is 0 Å². The van der Waals surface area contributed by atoms with Crippen LogP contribution >= 0.6 is 23.2 Å². The maximum absolute atomic E-state index is 11.8. The Morgan fingerprint density at radius 2 is 2.04 bits per heavy atom. The van der Waals surface area contributed by atoms with Crippen LogP contribution in [0.4, 0.5) is 22.2 Å². The predicted molar refractivity (Wildman–Crippen MR) is 100 cm³/mol. The Bertz CT molecular complexity index is 783. The molecule has 0 spiro atoms. The molecule has 0 atom stereocenters. The van der Waals surface area contributed by atoms with Crippen molar-refractivity contribution in [1.29, 1.82) is 0 Å². The van der Waals surface area contributed by atoms with Crippen LogP contribution in [-0.4, -0.2) is 59.0 Å². The number of carbonyl (C=O) groups excluding carboxylic acids is 1. The summed E-state index contributed by atoms with van der Waals surface area (Å²) >= 11 is 12.2. The van der Waals surface area contributed by atoms with E-state index in [1.54, 1.807) is 36.2 Å². The largest absolute Gasteiger partial charge is 0.450 e. The van der Waals surface area contributed by atoms with E-state index in [9.17, 15) is 4.79 Å². The predicted octanol–water partition coefficient (Wildman–Crippen LogP) is 3.20. The second kappa shape index (κ2) is 8.37. The summed E-state index contributed by atoms with van der Waals surface area (Å²) in [5.74, 6) is 0.989. The van der Waals surface area contributed by atoms with E-state index in [4.69, 9.17) is 27.9 Å². The zero-order chi connectivity index (χ0) is 18.5. The number of halogens is 2. The van der Waals surface area contributed by atoms with E-state index >= 15 is 0 Å². The molecule has 3 rings (SSSR count). The maximum Gasteiger partial charge on any atom is 0.409 e. The molecule has 0 saturated carbocycles. The van der Waals surface area contributed by atoms with Crippen LogP contribution in [0, 0.1) is 0 Å². The third kappa shape index (κ3) is 4.25. The Kier molecular flexibility index (Phi) is 5.95. The molecule has 1 aliphatic heterocycles. The molecule has 1 aromatic carbocycles. The van der Waals surface area contributed by atoms with E-state index in [1.807, 2.05) is 4.90 Å². The van der Waals surface area contributed by atoms with Gasteiger partial charge in [-0.1, -0.05) is 29.3 Å². The standard InChI is InChI=1S/C16H18Cl2N6O2/c1-2-26-16(25)24-8-6-23(7-9-24)13-10-19-22-15(21-13)20-12-5-3-4-11(17)14(12)18/h3-5,10H,2,6-9H2,1H3,(H,20,21,22). The molecule has 10 heteroatoms. The molecule has 26 heavy (non-hydrogen) atoms. The van der Waals surface area contributed by atoms with Crippen LogP contribution in [0.2, 0.25) is 10.0 Å². The molecule has 1 aliphatic rings. The normalized spacial score (nSPS) is 14.3. The number of nitrogens with one attached hydrogen (secondary N) is 1. The monoisotopic (exact) mass is 396 g/mol. The van der Waals surface area contributed by atoms with Crippen molar-refractivity contribution in [2.75, 3.05) is 43.0 Å². The van der Waals surface area contributed by atoms with Crippen LogP contribution in [0.3, 0.4) is 0 Å². The van der Waals surface area contributed by atoms with Gasteiger partial charge in [0, 0.05) is 26.2 Å². The number of nitrogens with zero attached hydrogens (tertiary/aromatic N) is 5. The Labute approximate surface area is 161 Å². The van der Waals surface area contributed by atoms with Crippen molar-refractivity contribution in [1.82, 2.24) is 20.1 Å². The number of hydrogen-bond donors (Lipinski definition) is 1. The number of benzene rings is 1. The first-order valence-electron chi connectivity index (χ1n) is 8.16. The van der Waals surface area contributed by atoms with Crippen molar-refractivity contribution in [2.24, 2.45) is 0 Å². The maximum atomic E-state index is 11.8. The molecule has 0 radical (unpaired) electrons. The van der Waals surface area contributed by atoms with E-state index < -0.39 is 0 Å². The molecule has 1 saturated heterocycles. The van der Waals surface area contributed by atoms with Gasteiger partial charge >= 0.3 is 6.09 Å². The number of piperazine rings is 1. The van der Waals surface area contributed by atoms with Crippen molar-refractivity contribution >= 4 is 46.7 Å². The number of anilines is 3. The molecule has 0 aliphatic carbocycles. The van der Waals surface area contributed by atoms with Gasteiger partial charge in [-0.05, 0) is 19.1 Å². The molecule has 0 bridgehead atoms. The average Bonchev–Trinajstić information content (AvgIpc) is 2.66. The summed E-state index contributed by atoms with van der Waals surface area (Å²) < 4.78 is 5.03. The van der Waals surface area contributed by atoms with Gasteiger partial charge < -0.3 is 19.9 Å². The van der Waals surface area contributed by atoms with Crippen molar-refractivity contribution in [3.8, 4) is 0 Å². The summed E-state index contributed by atoms with van der Waals surface area (Å²) in [4.78, 5) is 20.0. The Hall–Kier alpha value is -2.32. The number of aromatic nitrogens is 3. The van der Waals surface area contributed by atoms with Gasteiger partial charge in [0.2, 0.25) is 5.95 Å². The van der Waals surface area contributed by atoms with Crippen molar-refractivity contribution in [2.45, 2.75) is 6.92 Å². The van der Waals surface area contributed by atoms with Crippen LogP contribution < -0.4 is 10.2 Å². The Morgan fingerprint density at radius 3 is 2.77 bits per heavy atom. The lowest BCUT2D eigenvalue weighted by Crippen LogP contribution is -2.49. The first-order valence-corrected chi connectivity index (χ1v) is 8.91. The molecule has 1 aromatic heterocycles. The highest BCUT2D eigenvalue weighted by Gasteiger charge is 2.23. The highest BCUT2D eigenvalue weighted by Crippen LogP contribution is 2.31. The van der Waals surface area contributed by atoms with Crippen molar-refractivity contribution in [3.05, 3.63) is 34.4 Å². The Balaban J connectivity index is 1.67. The fourth-order valence-electron chi connectivity index (χ4n) is 2.55. The smallest absolute Gasteiger partial charge is 0.409 e. The number of hydrogen-bond acceptors (Lipinski definition) is 7. The lowest BCUT2D eigenvalue weighted by atomic mass is 10.3. The van der Waals surface area contributed by atoms with Gasteiger partial charge in [-0.25, -0.2) is 4.79 Å². The van der Waals surface area contributed by atoms with Gasteiger partial charge in [0.05, 0.1) is 28.5 Å². The highest BCUT2D eigenvalue weighted by atomic mass is 35.5. The molecule has 1 amide bonds. The zero-order valence-corrected chi connectivity index (χ0v) is 15.7. The summed E-state index contributed by atoms with van der Waals surface area (Å²) in [6.07, 6.45) is 1.30. The minimum atomic E-state index is -0.286.